The number of fused-ring (bicyclic) bond motifs is 1. The third-order valence-corrected chi connectivity index (χ3v) is 8.53. The number of rotatable bonds is 8. The second-order valence-electron chi connectivity index (χ2n) is 11.4. The summed E-state index contributed by atoms with van der Waals surface area (Å²) in [4.78, 5) is 38.8. The van der Waals surface area contributed by atoms with Gasteiger partial charge in [-0.2, -0.15) is 13.2 Å². The molecule has 4 aromatic rings. The fourth-order valence-electron chi connectivity index (χ4n) is 4.94. The van der Waals surface area contributed by atoms with Crippen LogP contribution < -0.4 is 20.7 Å². The Hall–Kier alpha value is -4.27. The largest absolute Gasteiger partial charge is 0.439 e. The van der Waals surface area contributed by atoms with Gasteiger partial charge < -0.3 is 25.6 Å². The molecule has 3 heterocycles. The maximum atomic E-state index is 13.7. The Kier molecular flexibility index (Phi) is 8.62. The topological polar surface area (TPSA) is 112 Å². The molecule has 0 spiro atoms. The molecule has 0 radical (unpaired) electrons. The minimum atomic E-state index is -4.56. The van der Waals surface area contributed by atoms with Gasteiger partial charge in [0.2, 0.25) is 11.8 Å². The van der Waals surface area contributed by atoms with Gasteiger partial charge in [-0.25, -0.2) is 14.8 Å². The predicted molar refractivity (Wildman–Crippen MR) is 167 cm³/mol. The maximum absolute atomic E-state index is 13.7. The van der Waals surface area contributed by atoms with E-state index < -0.39 is 17.8 Å². The number of ether oxygens (including phenoxy) is 1. The molecule has 236 valence electrons. The van der Waals surface area contributed by atoms with E-state index in [9.17, 15) is 22.8 Å². The van der Waals surface area contributed by atoms with E-state index in [1.54, 1.807) is 36.4 Å². The highest BCUT2D eigenvalue weighted by Crippen LogP contribution is 2.35. The summed E-state index contributed by atoms with van der Waals surface area (Å²) in [5.74, 6) is 0.755. The number of amides is 3. The highest BCUT2D eigenvalue weighted by molar-refractivity contribution is 7.21. The minimum absolute atomic E-state index is 0.0336. The Morgan fingerprint density at radius 1 is 0.956 bits per heavy atom. The van der Waals surface area contributed by atoms with E-state index in [1.165, 1.54) is 11.3 Å². The van der Waals surface area contributed by atoms with Gasteiger partial charge in [0, 0.05) is 62.1 Å². The van der Waals surface area contributed by atoms with Crippen molar-refractivity contribution in [3.05, 3.63) is 65.2 Å². The van der Waals surface area contributed by atoms with Crippen molar-refractivity contribution in [1.29, 1.82) is 0 Å². The van der Waals surface area contributed by atoms with Gasteiger partial charge in [-0.1, -0.05) is 17.4 Å². The molecule has 1 aliphatic heterocycles. The maximum Gasteiger partial charge on any atom is 0.416 e. The molecule has 0 atom stereocenters. The van der Waals surface area contributed by atoms with Crippen molar-refractivity contribution in [2.75, 3.05) is 49.2 Å². The van der Waals surface area contributed by atoms with E-state index in [-0.39, 0.29) is 17.5 Å². The third kappa shape index (κ3) is 7.88. The number of aromatic nitrogens is 2. The summed E-state index contributed by atoms with van der Waals surface area (Å²) in [6.45, 7) is 5.37. The lowest BCUT2D eigenvalue weighted by Gasteiger charge is -2.32. The molecule has 6 rings (SSSR count). The number of hydrogen-bond acceptors (Lipinski definition) is 8. The fraction of sp³-hybridized carbons (Fsp3) is 0.355. The monoisotopic (exact) mass is 639 g/mol. The number of hydrogen-bond donors (Lipinski definition) is 3. The molecule has 3 amide bonds. The smallest absolute Gasteiger partial charge is 0.416 e. The van der Waals surface area contributed by atoms with Gasteiger partial charge in [0.05, 0.1) is 5.56 Å². The summed E-state index contributed by atoms with van der Waals surface area (Å²) in [7, 11) is 2.01. The Balaban J connectivity index is 1.13. The lowest BCUT2D eigenvalue weighted by Crippen LogP contribution is -2.43. The highest BCUT2D eigenvalue weighted by Gasteiger charge is 2.32. The summed E-state index contributed by atoms with van der Waals surface area (Å²) in [5, 5.41) is 8.54. The molecule has 0 bridgehead atoms. The number of carbonyl (C=O) groups excluding carboxylic acids is 2. The van der Waals surface area contributed by atoms with Crippen LogP contribution in [0.25, 0.3) is 10.3 Å². The zero-order chi connectivity index (χ0) is 31.7. The molecule has 2 aromatic heterocycles. The molecule has 14 heteroatoms. The van der Waals surface area contributed by atoms with Crippen molar-refractivity contribution < 1.29 is 27.5 Å². The predicted octanol–water partition coefficient (Wildman–Crippen LogP) is 6.55. The van der Waals surface area contributed by atoms with Crippen LogP contribution in [0.3, 0.4) is 0 Å². The van der Waals surface area contributed by atoms with E-state index in [4.69, 9.17) is 4.74 Å². The number of urea groups is 1. The molecule has 10 nitrogen and oxygen atoms in total. The van der Waals surface area contributed by atoms with Crippen LogP contribution in [0.1, 0.15) is 29.5 Å². The third-order valence-electron chi connectivity index (χ3n) is 7.65. The van der Waals surface area contributed by atoms with Gasteiger partial charge in [0.15, 0.2) is 5.13 Å². The molecule has 2 aromatic carbocycles. The van der Waals surface area contributed by atoms with Crippen LogP contribution in [0.15, 0.2) is 48.5 Å². The molecule has 3 N–H and O–H groups in total. The molecule has 1 saturated heterocycles. The average molecular weight is 640 g/mol. The van der Waals surface area contributed by atoms with E-state index in [0.29, 0.717) is 44.9 Å². The van der Waals surface area contributed by atoms with Crippen molar-refractivity contribution in [1.82, 2.24) is 19.8 Å². The van der Waals surface area contributed by atoms with Crippen molar-refractivity contribution in [3.63, 3.8) is 0 Å². The number of nitrogens with one attached hydrogen (secondary N) is 3. The first-order valence-electron chi connectivity index (χ1n) is 14.6. The number of nitrogens with zero attached hydrogens (tertiary/aromatic N) is 4. The quantitative estimate of drug-likeness (QED) is 0.201. The number of piperazine rings is 1. The van der Waals surface area contributed by atoms with E-state index in [2.05, 4.69) is 35.7 Å². The number of alkyl halides is 3. The summed E-state index contributed by atoms with van der Waals surface area (Å²) < 4.78 is 47.1. The van der Waals surface area contributed by atoms with Crippen LogP contribution in [-0.2, 0) is 17.5 Å². The van der Waals surface area contributed by atoms with Crippen LogP contribution in [-0.4, -0.2) is 64.9 Å². The van der Waals surface area contributed by atoms with Crippen LogP contribution in [0, 0.1) is 12.8 Å². The Morgan fingerprint density at radius 3 is 2.44 bits per heavy atom. The second-order valence-corrected chi connectivity index (χ2v) is 12.4. The molecule has 1 saturated carbocycles. The normalized spacial score (nSPS) is 16.0. The van der Waals surface area contributed by atoms with Crippen molar-refractivity contribution >= 4 is 50.1 Å². The number of halogens is 3. The number of carbonyl (C=O) groups is 2. The summed E-state index contributed by atoms with van der Waals surface area (Å²) in [5.41, 5.74) is 1.47. The van der Waals surface area contributed by atoms with E-state index in [0.717, 1.165) is 56.7 Å². The summed E-state index contributed by atoms with van der Waals surface area (Å²) in [6, 6.07) is 11.4. The molecule has 1 aliphatic carbocycles. The van der Waals surface area contributed by atoms with Crippen molar-refractivity contribution in [2.24, 2.45) is 5.92 Å². The average Bonchev–Trinajstić information content (AvgIpc) is 3.76. The lowest BCUT2D eigenvalue weighted by molar-refractivity contribution is -0.137. The zero-order valence-electron chi connectivity index (χ0n) is 24.7. The fourth-order valence-corrected chi connectivity index (χ4v) is 5.77. The Morgan fingerprint density at radius 2 is 1.71 bits per heavy atom. The first-order valence-corrected chi connectivity index (χ1v) is 15.4. The zero-order valence-corrected chi connectivity index (χ0v) is 25.5. The van der Waals surface area contributed by atoms with E-state index in [1.807, 2.05) is 14.0 Å². The van der Waals surface area contributed by atoms with Crippen LogP contribution >= 0.6 is 11.3 Å². The van der Waals surface area contributed by atoms with Crippen LogP contribution in [0.4, 0.5) is 34.5 Å². The first kappa shape index (κ1) is 30.7. The number of benzene rings is 2. The molecule has 2 aliphatic rings. The number of thiazole rings is 1. The molecular weight excluding hydrogens is 607 g/mol. The van der Waals surface area contributed by atoms with Crippen LogP contribution in [0.5, 0.6) is 11.6 Å². The molecule has 45 heavy (non-hydrogen) atoms. The van der Waals surface area contributed by atoms with Gasteiger partial charge in [-0.05, 0) is 68.3 Å². The van der Waals surface area contributed by atoms with Gasteiger partial charge in [0.25, 0.3) is 0 Å². The molecule has 2 fully saturated rings. The number of aryl methyl sites for hydroxylation is 1. The number of pyridine rings is 1. The summed E-state index contributed by atoms with van der Waals surface area (Å²) >= 11 is 1.25. The Bertz CT molecular complexity index is 1730. The van der Waals surface area contributed by atoms with Crippen LogP contribution in [0.2, 0.25) is 0 Å². The van der Waals surface area contributed by atoms with Gasteiger partial charge in [-0.3, -0.25) is 9.69 Å². The van der Waals surface area contributed by atoms with Crippen molar-refractivity contribution in [2.45, 2.75) is 32.5 Å². The highest BCUT2D eigenvalue weighted by atomic mass is 32.1. The van der Waals surface area contributed by atoms with Gasteiger partial charge in [0.1, 0.15) is 16.1 Å². The number of likely N-dealkylation sites (N-methyl/N-ethyl adjacent to an activating group) is 1. The number of anilines is 3. The SMILES string of the molecule is Cc1ccc(NC(=O)Nc2cc(CN3CCN(C)CC3)cc(C(F)(F)F)c2)cc1Oc1ccc2nc(NC(=O)C3CC3)sc2n1. The van der Waals surface area contributed by atoms with Gasteiger partial charge >= 0.3 is 12.2 Å². The van der Waals surface area contributed by atoms with E-state index >= 15 is 0 Å². The second kappa shape index (κ2) is 12.6. The van der Waals surface area contributed by atoms with Gasteiger partial charge in [-0.15, -0.1) is 0 Å². The Labute approximate surface area is 261 Å². The molecular formula is C31H32F3N7O3S. The lowest BCUT2D eigenvalue weighted by atomic mass is 10.1. The molecule has 0 unspecified atom stereocenters. The standard InChI is InChI=1S/C31H32F3N7O3S/c1-18-3-6-22(16-25(18)44-26-8-7-24-28(38-26)45-30(37-24)39-27(42)20-4-5-20)35-29(43)36-23-14-19(13-21(15-23)31(32,33)34)17-41-11-9-40(2)10-12-41/h3,6-8,13-16,20H,4-5,9-12,17H2,1-2H3,(H2,35,36,43)(H,37,39,42). The summed E-state index contributed by atoms with van der Waals surface area (Å²) in [6.07, 6.45) is -2.77. The van der Waals surface area contributed by atoms with Crippen molar-refractivity contribution in [3.8, 4) is 11.6 Å². The first-order chi connectivity index (χ1) is 21.5. The minimum Gasteiger partial charge on any atom is -0.439 e.